The Hall–Kier alpha value is -5.05. The van der Waals surface area contributed by atoms with Crippen LogP contribution in [0, 0.1) is 0 Å². The van der Waals surface area contributed by atoms with Gasteiger partial charge < -0.3 is 0 Å². The van der Waals surface area contributed by atoms with Gasteiger partial charge in [0.2, 0.25) is 0 Å². The summed E-state index contributed by atoms with van der Waals surface area (Å²) in [5, 5.41) is 2.41. The van der Waals surface area contributed by atoms with Gasteiger partial charge in [0, 0.05) is 21.0 Å². The summed E-state index contributed by atoms with van der Waals surface area (Å²) in [4.78, 5) is 5.19. The number of fused-ring (bicyclic) bond motifs is 7. The van der Waals surface area contributed by atoms with Gasteiger partial charge in [0.15, 0.2) is 0 Å². The van der Waals surface area contributed by atoms with Crippen molar-refractivity contribution in [1.29, 1.82) is 0 Å². The molecule has 2 heterocycles. The molecule has 6 aromatic carbocycles. The van der Waals surface area contributed by atoms with E-state index in [4.69, 9.17) is 4.98 Å². The molecule has 196 valence electrons. The largest absolute Gasteiger partial charge is 0.246 e. The molecule has 8 aromatic rings. The third-order valence-corrected chi connectivity index (χ3v) is 10.1. The van der Waals surface area contributed by atoms with Gasteiger partial charge in [0.05, 0.1) is 21.1 Å². The molecule has 1 aliphatic rings. The maximum absolute atomic E-state index is 5.19. The van der Waals surface area contributed by atoms with E-state index in [9.17, 15) is 0 Å². The minimum atomic E-state index is -0.424. The number of hydrogen-bond donors (Lipinski definition) is 0. The number of para-hydroxylation sites is 1. The number of pyridine rings is 1. The van der Waals surface area contributed by atoms with Gasteiger partial charge in [0.25, 0.3) is 0 Å². The Balaban J connectivity index is 1.43. The molecule has 0 N–H and O–H groups in total. The maximum atomic E-state index is 5.19. The van der Waals surface area contributed by atoms with Crippen LogP contribution in [0.25, 0.3) is 53.5 Å². The molecule has 1 aliphatic carbocycles. The van der Waals surface area contributed by atoms with E-state index >= 15 is 0 Å². The predicted molar refractivity (Wildman–Crippen MR) is 177 cm³/mol. The monoisotopic (exact) mass is 551 g/mol. The molecule has 0 radical (unpaired) electrons. The van der Waals surface area contributed by atoms with Gasteiger partial charge in [-0.25, -0.2) is 4.98 Å². The minimum Gasteiger partial charge on any atom is -0.246 e. The number of thiophene rings is 1. The predicted octanol–water partition coefficient (Wildman–Crippen LogP) is 10.6. The highest BCUT2D eigenvalue weighted by molar-refractivity contribution is 7.26. The molecule has 42 heavy (non-hydrogen) atoms. The summed E-state index contributed by atoms with van der Waals surface area (Å²) in [5.41, 5.74) is 12.0. The molecule has 9 rings (SSSR count). The fraction of sp³-hybridized carbons (Fsp3) is 0.0250. The van der Waals surface area contributed by atoms with Gasteiger partial charge in [-0.3, -0.25) is 0 Å². The summed E-state index contributed by atoms with van der Waals surface area (Å²) in [6, 6.07) is 55.4. The minimum absolute atomic E-state index is 0.424. The van der Waals surface area contributed by atoms with Crippen molar-refractivity contribution in [2.75, 3.05) is 0 Å². The van der Waals surface area contributed by atoms with Crippen LogP contribution in [0.15, 0.2) is 152 Å². The summed E-state index contributed by atoms with van der Waals surface area (Å²) >= 11 is 1.85. The lowest BCUT2D eigenvalue weighted by molar-refractivity contribution is 0.769. The third kappa shape index (κ3) is 3.16. The van der Waals surface area contributed by atoms with Gasteiger partial charge in [-0.05, 0) is 57.1 Å². The Morgan fingerprint density at radius 3 is 1.90 bits per heavy atom. The third-order valence-electron chi connectivity index (χ3n) is 8.95. The van der Waals surface area contributed by atoms with E-state index in [2.05, 4.69) is 152 Å². The van der Waals surface area contributed by atoms with E-state index in [0.29, 0.717) is 0 Å². The fourth-order valence-corrected chi connectivity index (χ4v) is 8.45. The summed E-state index contributed by atoms with van der Waals surface area (Å²) in [6.45, 7) is 0. The van der Waals surface area contributed by atoms with E-state index in [1.54, 1.807) is 0 Å². The van der Waals surface area contributed by atoms with Crippen LogP contribution < -0.4 is 0 Å². The summed E-state index contributed by atoms with van der Waals surface area (Å²) in [6.07, 6.45) is 0. The van der Waals surface area contributed by atoms with Crippen LogP contribution in [-0.4, -0.2) is 4.98 Å². The van der Waals surface area contributed by atoms with Crippen molar-refractivity contribution < 1.29 is 0 Å². The molecule has 0 bridgehead atoms. The lowest BCUT2D eigenvalue weighted by Gasteiger charge is -2.34. The lowest BCUT2D eigenvalue weighted by Crippen LogP contribution is -2.28. The molecular formula is C40H25NS. The molecule has 0 saturated heterocycles. The smallest absolute Gasteiger partial charge is 0.0902 e. The second kappa shape index (κ2) is 8.97. The molecule has 0 unspecified atom stereocenters. The van der Waals surface area contributed by atoms with Crippen molar-refractivity contribution in [2.45, 2.75) is 5.41 Å². The van der Waals surface area contributed by atoms with Crippen molar-refractivity contribution in [1.82, 2.24) is 4.98 Å². The highest BCUT2D eigenvalue weighted by Crippen LogP contribution is 2.57. The highest BCUT2D eigenvalue weighted by Gasteiger charge is 2.46. The molecule has 0 aliphatic heterocycles. The first-order chi connectivity index (χ1) is 20.8. The fourth-order valence-electron chi connectivity index (χ4n) is 7.22. The van der Waals surface area contributed by atoms with Crippen LogP contribution in [0.4, 0.5) is 0 Å². The van der Waals surface area contributed by atoms with Crippen molar-refractivity contribution in [3.8, 4) is 22.3 Å². The lowest BCUT2D eigenvalue weighted by atomic mass is 9.67. The highest BCUT2D eigenvalue weighted by atomic mass is 32.1. The Bertz CT molecular complexity index is 2260. The van der Waals surface area contributed by atoms with E-state index in [1.807, 2.05) is 11.3 Å². The molecule has 0 saturated carbocycles. The molecule has 2 aromatic heterocycles. The van der Waals surface area contributed by atoms with Gasteiger partial charge in [0.1, 0.15) is 0 Å². The van der Waals surface area contributed by atoms with Crippen LogP contribution in [0.3, 0.4) is 0 Å². The van der Waals surface area contributed by atoms with Crippen LogP contribution >= 0.6 is 11.3 Å². The first kappa shape index (κ1) is 23.6. The Kier molecular flexibility index (Phi) is 5.05. The number of aromatic nitrogens is 1. The van der Waals surface area contributed by atoms with Crippen LogP contribution in [-0.2, 0) is 5.41 Å². The number of benzene rings is 6. The van der Waals surface area contributed by atoms with Crippen molar-refractivity contribution in [3.63, 3.8) is 0 Å². The van der Waals surface area contributed by atoms with E-state index < -0.39 is 5.41 Å². The second-order valence-corrected chi connectivity index (χ2v) is 12.1. The van der Waals surface area contributed by atoms with Crippen molar-refractivity contribution in [2.24, 2.45) is 0 Å². The summed E-state index contributed by atoms with van der Waals surface area (Å²) in [7, 11) is 0. The molecule has 2 heteroatoms. The van der Waals surface area contributed by atoms with Crippen molar-refractivity contribution in [3.05, 3.63) is 174 Å². The SMILES string of the molecule is c1ccc(C2(c3ccccc3)c3ccccc3-c3ccc(-c4c5ccccc5nc5c4sc4ccccc45)cc32)cc1. The first-order valence-corrected chi connectivity index (χ1v) is 15.2. The van der Waals surface area contributed by atoms with Gasteiger partial charge in [-0.15, -0.1) is 11.3 Å². The molecule has 0 amide bonds. The van der Waals surface area contributed by atoms with E-state index in [0.717, 1.165) is 11.0 Å². The zero-order chi connectivity index (χ0) is 27.7. The first-order valence-electron chi connectivity index (χ1n) is 14.4. The quantitative estimate of drug-likeness (QED) is 0.213. The summed E-state index contributed by atoms with van der Waals surface area (Å²) < 4.78 is 2.52. The van der Waals surface area contributed by atoms with Gasteiger partial charge >= 0.3 is 0 Å². The number of rotatable bonds is 3. The van der Waals surface area contributed by atoms with E-state index in [1.165, 1.54) is 64.7 Å². The van der Waals surface area contributed by atoms with Crippen LogP contribution in [0.2, 0.25) is 0 Å². The Morgan fingerprint density at radius 1 is 0.500 bits per heavy atom. The molecule has 0 fully saturated rings. The number of hydrogen-bond acceptors (Lipinski definition) is 2. The van der Waals surface area contributed by atoms with Gasteiger partial charge in [-0.1, -0.05) is 133 Å². The maximum Gasteiger partial charge on any atom is 0.0902 e. The summed E-state index contributed by atoms with van der Waals surface area (Å²) in [5.74, 6) is 0. The normalized spacial score (nSPS) is 13.4. The zero-order valence-electron chi connectivity index (χ0n) is 22.8. The number of nitrogens with zero attached hydrogens (tertiary/aromatic N) is 1. The van der Waals surface area contributed by atoms with Crippen LogP contribution in [0.5, 0.6) is 0 Å². The Morgan fingerprint density at radius 2 is 1.12 bits per heavy atom. The van der Waals surface area contributed by atoms with Crippen molar-refractivity contribution >= 4 is 42.5 Å². The van der Waals surface area contributed by atoms with Crippen LogP contribution in [0.1, 0.15) is 22.3 Å². The molecule has 0 spiro atoms. The van der Waals surface area contributed by atoms with Gasteiger partial charge in [-0.2, -0.15) is 0 Å². The second-order valence-electron chi connectivity index (χ2n) is 11.1. The topological polar surface area (TPSA) is 12.9 Å². The van der Waals surface area contributed by atoms with E-state index in [-0.39, 0.29) is 0 Å². The standard InChI is InChI=1S/C40H25NS/c1-3-13-27(14-4-1)40(28-15-5-2-6-16-28)33-20-10-7-17-29(33)30-24-23-26(25-34(30)40)37-31-18-8-11-21-35(31)41-38-32-19-9-12-22-36(32)42-39(37)38/h1-25H. The molecular weight excluding hydrogens is 527 g/mol. The average molecular weight is 552 g/mol. The molecule has 0 atom stereocenters. The Labute approximate surface area is 248 Å². The zero-order valence-corrected chi connectivity index (χ0v) is 23.6. The average Bonchev–Trinajstić information content (AvgIpc) is 3.58. The molecule has 1 nitrogen and oxygen atoms in total.